The Hall–Kier alpha value is -2.74. The normalized spacial score (nSPS) is 11.7. The molecule has 0 bridgehead atoms. The average molecular weight is 406 g/mol. The van der Waals surface area contributed by atoms with Crippen molar-refractivity contribution < 1.29 is 23.5 Å². The van der Waals surface area contributed by atoms with E-state index in [1.165, 1.54) is 17.4 Å². The molecule has 1 aromatic heterocycles. The number of nitrogens with one attached hydrogen (secondary N) is 2. The lowest BCUT2D eigenvalue weighted by molar-refractivity contribution is -0.151. The maximum Gasteiger partial charge on any atom is 0.329 e. The van der Waals surface area contributed by atoms with Gasteiger partial charge in [-0.2, -0.15) is 0 Å². The molecule has 6 nitrogen and oxygen atoms in total. The Balaban J connectivity index is 1.77. The zero-order valence-electron chi connectivity index (χ0n) is 15.7. The Morgan fingerprint density at radius 3 is 2.54 bits per heavy atom. The summed E-state index contributed by atoms with van der Waals surface area (Å²) in [6.07, 6.45) is 0.331. The van der Waals surface area contributed by atoms with Crippen molar-refractivity contribution in [2.75, 3.05) is 13.2 Å². The van der Waals surface area contributed by atoms with Gasteiger partial charge in [-0.25, -0.2) is 9.18 Å². The van der Waals surface area contributed by atoms with Crippen LogP contribution in [-0.2, 0) is 20.7 Å². The number of ether oxygens (including phenoxy) is 1. The topological polar surface area (TPSA) is 84.5 Å². The van der Waals surface area contributed by atoms with Gasteiger partial charge in [0.1, 0.15) is 11.9 Å². The van der Waals surface area contributed by atoms with Crippen LogP contribution in [-0.4, -0.2) is 37.0 Å². The number of amides is 2. The van der Waals surface area contributed by atoms with Crippen LogP contribution in [0.3, 0.4) is 0 Å². The summed E-state index contributed by atoms with van der Waals surface area (Å²) in [5, 5.41) is 6.98. The average Bonchev–Trinajstić information content (AvgIpc) is 3.20. The number of carbonyl (C=O) groups is 3. The fourth-order valence-electron chi connectivity index (χ4n) is 2.43. The Morgan fingerprint density at radius 2 is 1.89 bits per heavy atom. The van der Waals surface area contributed by atoms with Gasteiger partial charge >= 0.3 is 5.97 Å². The van der Waals surface area contributed by atoms with Gasteiger partial charge in [0.25, 0.3) is 11.8 Å². The summed E-state index contributed by atoms with van der Waals surface area (Å²) < 4.78 is 18.6. The van der Waals surface area contributed by atoms with Crippen molar-refractivity contribution in [3.63, 3.8) is 0 Å². The first-order chi connectivity index (χ1) is 13.4. The van der Waals surface area contributed by atoms with E-state index in [0.29, 0.717) is 16.9 Å². The molecule has 1 heterocycles. The van der Waals surface area contributed by atoms with Gasteiger partial charge < -0.3 is 15.4 Å². The SMILES string of the molecule is CC(C)[C@@H](NC(=O)c1cccs1)C(=O)OCC(=O)NCCc1ccccc1F. The molecule has 2 aromatic rings. The smallest absolute Gasteiger partial charge is 0.329 e. The minimum atomic E-state index is -0.860. The predicted octanol–water partition coefficient (Wildman–Crippen LogP) is 2.54. The highest BCUT2D eigenvalue weighted by atomic mass is 32.1. The fourth-order valence-corrected chi connectivity index (χ4v) is 3.06. The molecule has 0 aliphatic carbocycles. The van der Waals surface area contributed by atoms with Crippen molar-refractivity contribution in [2.45, 2.75) is 26.3 Å². The molecule has 0 spiro atoms. The van der Waals surface area contributed by atoms with E-state index in [-0.39, 0.29) is 24.2 Å². The largest absolute Gasteiger partial charge is 0.454 e. The quantitative estimate of drug-likeness (QED) is 0.627. The van der Waals surface area contributed by atoms with Crippen LogP contribution in [0, 0.1) is 11.7 Å². The Kier molecular flexibility index (Phi) is 8.13. The number of benzene rings is 1. The molecule has 0 radical (unpaired) electrons. The van der Waals surface area contributed by atoms with Crippen molar-refractivity contribution in [2.24, 2.45) is 5.92 Å². The third-order valence-electron chi connectivity index (χ3n) is 3.97. The van der Waals surface area contributed by atoms with Crippen LogP contribution in [0.15, 0.2) is 41.8 Å². The van der Waals surface area contributed by atoms with Gasteiger partial charge in [0, 0.05) is 6.54 Å². The van der Waals surface area contributed by atoms with Crippen LogP contribution >= 0.6 is 11.3 Å². The lowest BCUT2D eigenvalue weighted by Crippen LogP contribution is -2.46. The molecule has 2 rings (SSSR count). The molecule has 2 amide bonds. The highest BCUT2D eigenvalue weighted by Crippen LogP contribution is 2.11. The Morgan fingerprint density at radius 1 is 1.14 bits per heavy atom. The van der Waals surface area contributed by atoms with Crippen molar-refractivity contribution >= 4 is 29.1 Å². The minimum absolute atomic E-state index is 0.208. The second-order valence-electron chi connectivity index (χ2n) is 6.47. The summed E-state index contributed by atoms with van der Waals surface area (Å²) in [6.45, 7) is 3.30. The summed E-state index contributed by atoms with van der Waals surface area (Å²) >= 11 is 1.27. The van der Waals surface area contributed by atoms with E-state index in [2.05, 4.69) is 10.6 Å². The number of carbonyl (C=O) groups excluding carboxylic acids is 3. The molecule has 8 heteroatoms. The van der Waals surface area contributed by atoms with E-state index in [1.54, 1.807) is 49.6 Å². The number of hydrogen-bond donors (Lipinski definition) is 2. The summed E-state index contributed by atoms with van der Waals surface area (Å²) in [4.78, 5) is 36.8. The summed E-state index contributed by atoms with van der Waals surface area (Å²) in [5.41, 5.74) is 0.496. The fraction of sp³-hybridized carbons (Fsp3) is 0.350. The van der Waals surface area contributed by atoms with E-state index in [1.807, 2.05) is 0 Å². The molecule has 0 aliphatic heterocycles. The van der Waals surface area contributed by atoms with E-state index in [0.717, 1.165) is 0 Å². The standard InChI is InChI=1S/C20H23FN2O4S/c1-13(2)18(23-19(25)16-8-5-11-28-16)20(26)27-12-17(24)22-10-9-14-6-3-4-7-15(14)21/h3-8,11,13,18H,9-10,12H2,1-2H3,(H,22,24)(H,23,25)/t18-/m1/s1. The van der Waals surface area contributed by atoms with Crippen molar-refractivity contribution in [3.05, 3.63) is 58.0 Å². The van der Waals surface area contributed by atoms with Gasteiger partial charge in [0.2, 0.25) is 0 Å². The van der Waals surface area contributed by atoms with Gasteiger partial charge in [-0.15, -0.1) is 11.3 Å². The third-order valence-corrected chi connectivity index (χ3v) is 4.84. The molecule has 0 saturated heterocycles. The lowest BCUT2D eigenvalue weighted by Gasteiger charge is -2.20. The summed E-state index contributed by atoms with van der Waals surface area (Å²) in [7, 11) is 0. The first-order valence-corrected chi connectivity index (χ1v) is 9.77. The van der Waals surface area contributed by atoms with Gasteiger partial charge in [-0.1, -0.05) is 38.1 Å². The van der Waals surface area contributed by atoms with E-state index < -0.39 is 24.5 Å². The van der Waals surface area contributed by atoms with Gasteiger partial charge in [-0.05, 0) is 35.4 Å². The lowest BCUT2D eigenvalue weighted by atomic mass is 10.0. The molecular weight excluding hydrogens is 383 g/mol. The van der Waals surface area contributed by atoms with Crippen molar-refractivity contribution in [3.8, 4) is 0 Å². The van der Waals surface area contributed by atoms with Gasteiger partial charge in [-0.3, -0.25) is 9.59 Å². The van der Waals surface area contributed by atoms with E-state index in [4.69, 9.17) is 4.74 Å². The highest BCUT2D eigenvalue weighted by molar-refractivity contribution is 7.12. The van der Waals surface area contributed by atoms with Crippen LogP contribution < -0.4 is 10.6 Å². The number of thiophene rings is 1. The Labute approximate surface area is 167 Å². The van der Waals surface area contributed by atoms with Crippen LogP contribution in [0.2, 0.25) is 0 Å². The molecule has 0 fully saturated rings. The van der Waals surface area contributed by atoms with Gasteiger partial charge in [0.15, 0.2) is 6.61 Å². The van der Waals surface area contributed by atoms with E-state index in [9.17, 15) is 18.8 Å². The number of esters is 1. The molecule has 1 aromatic carbocycles. The Bertz CT molecular complexity index is 808. The maximum atomic E-state index is 13.5. The molecule has 1 atom stereocenters. The zero-order chi connectivity index (χ0) is 20.5. The molecule has 28 heavy (non-hydrogen) atoms. The second kappa shape index (κ2) is 10.6. The van der Waals surface area contributed by atoms with Crippen LogP contribution in [0.1, 0.15) is 29.1 Å². The van der Waals surface area contributed by atoms with Crippen molar-refractivity contribution in [1.29, 1.82) is 0 Å². The highest BCUT2D eigenvalue weighted by Gasteiger charge is 2.27. The van der Waals surface area contributed by atoms with Gasteiger partial charge in [0.05, 0.1) is 4.88 Å². The maximum absolute atomic E-state index is 13.5. The number of halogens is 1. The minimum Gasteiger partial charge on any atom is -0.454 e. The van der Waals surface area contributed by atoms with Crippen LogP contribution in [0.4, 0.5) is 4.39 Å². The predicted molar refractivity (Wildman–Crippen MR) is 104 cm³/mol. The monoisotopic (exact) mass is 406 g/mol. The van der Waals surface area contributed by atoms with Crippen molar-refractivity contribution in [1.82, 2.24) is 10.6 Å². The first-order valence-electron chi connectivity index (χ1n) is 8.89. The second-order valence-corrected chi connectivity index (χ2v) is 7.42. The molecule has 2 N–H and O–H groups in total. The molecule has 150 valence electrons. The number of hydrogen-bond acceptors (Lipinski definition) is 5. The first kappa shape index (κ1) is 21.6. The molecule has 0 unspecified atom stereocenters. The summed E-state index contributed by atoms with van der Waals surface area (Å²) in [6, 6.07) is 8.86. The van der Waals surface area contributed by atoms with E-state index >= 15 is 0 Å². The molecule has 0 aliphatic rings. The zero-order valence-corrected chi connectivity index (χ0v) is 16.6. The summed E-state index contributed by atoms with van der Waals surface area (Å²) in [5.74, 6) is -2.06. The molecule has 0 saturated carbocycles. The molecular formula is C20H23FN2O4S. The number of rotatable bonds is 9. The van der Waals surface area contributed by atoms with Crippen LogP contribution in [0.25, 0.3) is 0 Å². The van der Waals surface area contributed by atoms with Crippen LogP contribution in [0.5, 0.6) is 0 Å². The third kappa shape index (κ3) is 6.45.